The summed E-state index contributed by atoms with van der Waals surface area (Å²) in [5.74, 6) is -0.134. The zero-order valence-corrected chi connectivity index (χ0v) is 14.1. The van der Waals surface area contributed by atoms with Gasteiger partial charge in [-0.2, -0.15) is 0 Å². The number of amides is 1. The molecule has 0 aromatic heterocycles. The van der Waals surface area contributed by atoms with Crippen molar-refractivity contribution in [1.29, 1.82) is 0 Å². The summed E-state index contributed by atoms with van der Waals surface area (Å²) >= 11 is 0. The molecular formula is C19H27FN2O2. The van der Waals surface area contributed by atoms with Crippen molar-refractivity contribution in [3.05, 3.63) is 35.6 Å². The highest BCUT2D eigenvalue weighted by Crippen LogP contribution is 2.26. The first-order chi connectivity index (χ1) is 11.6. The highest BCUT2D eigenvalue weighted by atomic mass is 19.1. The molecule has 1 heterocycles. The molecule has 24 heavy (non-hydrogen) atoms. The van der Waals surface area contributed by atoms with Crippen molar-refractivity contribution in [2.24, 2.45) is 11.7 Å². The van der Waals surface area contributed by atoms with Gasteiger partial charge in [0.1, 0.15) is 5.82 Å². The molecule has 1 saturated carbocycles. The van der Waals surface area contributed by atoms with Crippen LogP contribution >= 0.6 is 0 Å². The van der Waals surface area contributed by atoms with Crippen LogP contribution in [0.25, 0.3) is 0 Å². The van der Waals surface area contributed by atoms with Crippen LogP contribution in [0, 0.1) is 11.7 Å². The van der Waals surface area contributed by atoms with Crippen molar-refractivity contribution in [1.82, 2.24) is 4.90 Å². The molecule has 132 valence electrons. The van der Waals surface area contributed by atoms with Gasteiger partial charge in [0, 0.05) is 31.7 Å². The molecule has 3 rings (SSSR count). The topological polar surface area (TPSA) is 55.6 Å². The highest BCUT2D eigenvalue weighted by molar-refractivity contribution is 5.79. The summed E-state index contributed by atoms with van der Waals surface area (Å²) in [5, 5.41) is 0. The molecule has 5 heteroatoms. The van der Waals surface area contributed by atoms with Crippen LogP contribution in [0.15, 0.2) is 24.3 Å². The Balaban J connectivity index is 1.71. The van der Waals surface area contributed by atoms with E-state index in [1.165, 1.54) is 12.1 Å². The van der Waals surface area contributed by atoms with E-state index >= 15 is 0 Å². The molecule has 2 fully saturated rings. The maximum atomic E-state index is 13.5. The maximum absolute atomic E-state index is 13.5. The van der Waals surface area contributed by atoms with Crippen molar-refractivity contribution in [3.63, 3.8) is 0 Å². The molecule has 1 saturated heterocycles. The molecular weight excluding hydrogens is 307 g/mol. The molecule has 1 aliphatic heterocycles. The summed E-state index contributed by atoms with van der Waals surface area (Å²) in [4.78, 5) is 14.9. The lowest BCUT2D eigenvalue weighted by Crippen LogP contribution is -2.43. The normalized spacial score (nSPS) is 27.2. The second kappa shape index (κ2) is 8.08. The van der Waals surface area contributed by atoms with Crippen molar-refractivity contribution >= 4 is 5.91 Å². The molecule has 3 unspecified atom stereocenters. The fourth-order valence-corrected chi connectivity index (χ4v) is 3.83. The molecule has 1 aromatic carbocycles. The van der Waals surface area contributed by atoms with Gasteiger partial charge < -0.3 is 15.4 Å². The van der Waals surface area contributed by atoms with E-state index in [1.807, 2.05) is 11.0 Å². The van der Waals surface area contributed by atoms with Gasteiger partial charge in [0.05, 0.1) is 6.10 Å². The molecule has 2 aliphatic rings. The van der Waals surface area contributed by atoms with E-state index in [4.69, 9.17) is 10.5 Å². The zero-order chi connectivity index (χ0) is 16.9. The van der Waals surface area contributed by atoms with Gasteiger partial charge in [-0.15, -0.1) is 0 Å². The lowest BCUT2D eigenvalue weighted by molar-refractivity contribution is -0.139. The average Bonchev–Trinajstić information content (AvgIpc) is 3.07. The summed E-state index contributed by atoms with van der Waals surface area (Å²) < 4.78 is 19.2. The van der Waals surface area contributed by atoms with Crippen LogP contribution in [0.2, 0.25) is 0 Å². The van der Waals surface area contributed by atoms with E-state index in [0.29, 0.717) is 13.1 Å². The molecule has 0 radical (unpaired) electrons. The SMILES string of the molecule is NC1CCCC(C(=O)N(Cc2cccc(F)c2)CC2CCCO2)C1. The number of halogens is 1. The third-order valence-electron chi connectivity index (χ3n) is 5.09. The lowest BCUT2D eigenvalue weighted by atomic mass is 9.85. The van der Waals surface area contributed by atoms with Crippen molar-refractivity contribution in [2.75, 3.05) is 13.2 Å². The number of hydrogen-bond acceptors (Lipinski definition) is 3. The molecule has 4 nitrogen and oxygen atoms in total. The number of rotatable bonds is 5. The largest absolute Gasteiger partial charge is 0.376 e. The van der Waals surface area contributed by atoms with Crippen molar-refractivity contribution in [2.45, 2.75) is 57.2 Å². The van der Waals surface area contributed by atoms with E-state index in [0.717, 1.165) is 50.7 Å². The first kappa shape index (κ1) is 17.4. The monoisotopic (exact) mass is 334 g/mol. The Morgan fingerprint density at radius 3 is 2.88 bits per heavy atom. The Morgan fingerprint density at radius 2 is 2.17 bits per heavy atom. The Labute approximate surface area is 143 Å². The quantitative estimate of drug-likeness (QED) is 0.901. The first-order valence-corrected chi connectivity index (χ1v) is 9.02. The molecule has 1 amide bonds. The van der Waals surface area contributed by atoms with Crippen LogP contribution in [-0.2, 0) is 16.1 Å². The minimum Gasteiger partial charge on any atom is -0.376 e. The van der Waals surface area contributed by atoms with E-state index < -0.39 is 0 Å². The fraction of sp³-hybridized carbons (Fsp3) is 0.632. The highest BCUT2D eigenvalue weighted by Gasteiger charge is 2.31. The van der Waals surface area contributed by atoms with Crippen LogP contribution in [0.3, 0.4) is 0 Å². The predicted molar refractivity (Wildman–Crippen MR) is 90.7 cm³/mol. The van der Waals surface area contributed by atoms with Gasteiger partial charge in [-0.1, -0.05) is 18.6 Å². The number of carbonyl (C=O) groups is 1. The first-order valence-electron chi connectivity index (χ1n) is 9.02. The van der Waals surface area contributed by atoms with E-state index in [1.54, 1.807) is 6.07 Å². The summed E-state index contributed by atoms with van der Waals surface area (Å²) in [7, 11) is 0. The molecule has 1 aromatic rings. The Hall–Kier alpha value is -1.46. The van der Waals surface area contributed by atoms with Crippen LogP contribution in [0.5, 0.6) is 0 Å². The summed E-state index contributed by atoms with van der Waals surface area (Å²) in [6, 6.07) is 6.60. The molecule has 3 atom stereocenters. The third-order valence-corrected chi connectivity index (χ3v) is 5.09. The Morgan fingerprint density at radius 1 is 1.29 bits per heavy atom. The average molecular weight is 334 g/mol. The standard InChI is InChI=1S/C19H27FN2O2/c20-16-6-1-4-14(10-16)12-22(13-18-8-3-9-24-18)19(23)15-5-2-7-17(21)11-15/h1,4,6,10,15,17-18H,2-3,5,7-9,11-13,21H2. The predicted octanol–water partition coefficient (Wildman–Crippen LogP) is 2.85. The van der Waals surface area contributed by atoms with Gasteiger partial charge >= 0.3 is 0 Å². The Kier molecular flexibility index (Phi) is 5.85. The number of ether oxygens (including phenoxy) is 1. The summed E-state index contributed by atoms with van der Waals surface area (Å²) in [6.45, 7) is 1.78. The van der Waals surface area contributed by atoms with Gasteiger partial charge in [-0.05, 0) is 49.8 Å². The molecule has 2 N–H and O–H groups in total. The van der Waals surface area contributed by atoms with E-state index in [-0.39, 0.29) is 29.8 Å². The van der Waals surface area contributed by atoms with Crippen LogP contribution in [-0.4, -0.2) is 36.1 Å². The molecule has 1 aliphatic carbocycles. The van der Waals surface area contributed by atoms with E-state index in [9.17, 15) is 9.18 Å². The van der Waals surface area contributed by atoms with Crippen LogP contribution in [0.1, 0.15) is 44.1 Å². The second-order valence-electron chi connectivity index (χ2n) is 7.11. The van der Waals surface area contributed by atoms with Crippen LogP contribution < -0.4 is 5.73 Å². The fourth-order valence-electron chi connectivity index (χ4n) is 3.83. The number of nitrogens with two attached hydrogens (primary N) is 1. The van der Waals surface area contributed by atoms with Gasteiger partial charge in [0.15, 0.2) is 0 Å². The van der Waals surface area contributed by atoms with Crippen LogP contribution in [0.4, 0.5) is 4.39 Å². The van der Waals surface area contributed by atoms with Gasteiger partial charge in [0.25, 0.3) is 0 Å². The summed E-state index contributed by atoms with van der Waals surface area (Å²) in [6.07, 6.45) is 5.78. The number of carbonyl (C=O) groups excluding carboxylic acids is 1. The van der Waals surface area contributed by atoms with Gasteiger partial charge in [0.2, 0.25) is 5.91 Å². The summed E-state index contributed by atoms with van der Waals surface area (Å²) in [5.41, 5.74) is 6.87. The number of benzene rings is 1. The van der Waals surface area contributed by atoms with E-state index in [2.05, 4.69) is 0 Å². The zero-order valence-electron chi connectivity index (χ0n) is 14.1. The Bertz CT molecular complexity index is 560. The minimum absolute atomic E-state index is 0.0105. The maximum Gasteiger partial charge on any atom is 0.226 e. The van der Waals surface area contributed by atoms with Crippen molar-refractivity contribution in [3.8, 4) is 0 Å². The van der Waals surface area contributed by atoms with Gasteiger partial charge in [-0.25, -0.2) is 4.39 Å². The third kappa shape index (κ3) is 4.54. The second-order valence-corrected chi connectivity index (χ2v) is 7.11. The van der Waals surface area contributed by atoms with Crippen molar-refractivity contribution < 1.29 is 13.9 Å². The molecule has 0 bridgehead atoms. The minimum atomic E-state index is -0.267. The lowest BCUT2D eigenvalue weighted by Gasteiger charge is -2.32. The van der Waals surface area contributed by atoms with Gasteiger partial charge in [-0.3, -0.25) is 4.79 Å². The number of hydrogen-bond donors (Lipinski definition) is 1. The number of nitrogens with zero attached hydrogens (tertiary/aromatic N) is 1. The smallest absolute Gasteiger partial charge is 0.226 e. The molecule has 0 spiro atoms.